The maximum absolute atomic E-state index is 12.7. The van der Waals surface area contributed by atoms with Crippen LogP contribution in [0.3, 0.4) is 0 Å². The van der Waals surface area contributed by atoms with E-state index >= 15 is 0 Å². The Bertz CT molecular complexity index is 694. The number of amides is 1. The SMILES string of the molecule is CCc1ccc(C(C)NC(=O)CN(Cc2cccs2)CC2CCCO2)cc1. The molecule has 4 nitrogen and oxygen atoms in total. The number of ether oxygens (including phenoxy) is 1. The molecule has 2 aromatic rings. The second-order valence-corrected chi connectivity index (χ2v) is 8.30. The minimum absolute atomic E-state index is 0.00900. The lowest BCUT2D eigenvalue weighted by atomic mass is 10.0. The van der Waals surface area contributed by atoms with Crippen molar-refractivity contribution in [2.75, 3.05) is 19.7 Å². The van der Waals surface area contributed by atoms with Gasteiger partial charge in [-0.2, -0.15) is 0 Å². The zero-order valence-electron chi connectivity index (χ0n) is 16.3. The van der Waals surface area contributed by atoms with Crippen LogP contribution in [0.4, 0.5) is 0 Å². The van der Waals surface area contributed by atoms with E-state index in [1.807, 2.05) is 6.92 Å². The topological polar surface area (TPSA) is 41.6 Å². The Hall–Kier alpha value is -1.69. The molecule has 3 rings (SSSR count). The summed E-state index contributed by atoms with van der Waals surface area (Å²) in [5, 5.41) is 5.24. The van der Waals surface area contributed by atoms with E-state index in [4.69, 9.17) is 4.74 Å². The monoisotopic (exact) mass is 386 g/mol. The van der Waals surface area contributed by atoms with Crippen LogP contribution in [0.5, 0.6) is 0 Å². The lowest BCUT2D eigenvalue weighted by molar-refractivity contribution is -0.123. The van der Waals surface area contributed by atoms with Crippen molar-refractivity contribution in [1.82, 2.24) is 10.2 Å². The van der Waals surface area contributed by atoms with Gasteiger partial charge in [-0.25, -0.2) is 0 Å². The molecule has 0 aliphatic carbocycles. The summed E-state index contributed by atoms with van der Waals surface area (Å²) in [4.78, 5) is 16.2. The Morgan fingerprint density at radius 2 is 2.15 bits per heavy atom. The summed E-state index contributed by atoms with van der Waals surface area (Å²) in [5.74, 6) is 0.0663. The number of hydrogen-bond acceptors (Lipinski definition) is 4. The van der Waals surface area contributed by atoms with Crippen LogP contribution in [-0.2, 0) is 22.5 Å². The van der Waals surface area contributed by atoms with Crippen molar-refractivity contribution in [3.8, 4) is 0 Å². The van der Waals surface area contributed by atoms with Crippen LogP contribution >= 0.6 is 11.3 Å². The maximum atomic E-state index is 12.7. The predicted octanol–water partition coefficient (Wildman–Crippen LogP) is 4.17. The van der Waals surface area contributed by atoms with Gasteiger partial charge in [-0.15, -0.1) is 11.3 Å². The largest absolute Gasteiger partial charge is 0.377 e. The highest BCUT2D eigenvalue weighted by Crippen LogP contribution is 2.18. The second kappa shape index (κ2) is 10.0. The predicted molar refractivity (Wildman–Crippen MR) is 111 cm³/mol. The molecular formula is C22H30N2O2S. The quantitative estimate of drug-likeness (QED) is 0.703. The Morgan fingerprint density at radius 1 is 1.33 bits per heavy atom. The van der Waals surface area contributed by atoms with E-state index in [1.54, 1.807) is 11.3 Å². The fourth-order valence-corrected chi connectivity index (χ4v) is 4.25. The summed E-state index contributed by atoms with van der Waals surface area (Å²) in [5.41, 5.74) is 2.46. The average Bonchev–Trinajstić information content (AvgIpc) is 3.36. The number of nitrogens with zero attached hydrogens (tertiary/aromatic N) is 1. The fraction of sp³-hybridized carbons (Fsp3) is 0.500. The first-order chi connectivity index (χ1) is 13.1. The normalized spacial score (nSPS) is 18.0. The zero-order valence-corrected chi connectivity index (χ0v) is 17.1. The molecule has 27 heavy (non-hydrogen) atoms. The summed E-state index contributed by atoms with van der Waals surface area (Å²) in [6, 6.07) is 12.7. The minimum atomic E-state index is 0.00900. The molecule has 1 aliphatic rings. The third-order valence-electron chi connectivity index (χ3n) is 5.08. The number of carbonyl (C=O) groups is 1. The van der Waals surface area contributed by atoms with Crippen molar-refractivity contribution in [2.24, 2.45) is 0 Å². The number of hydrogen-bond donors (Lipinski definition) is 1. The summed E-state index contributed by atoms with van der Waals surface area (Å²) in [7, 11) is 0. The van der Waals surface area contributed by atoms with Crippen LogP contribution in [0.2, 0.25) is 0 Å². The van der Waals surface area contributed by atoms with Crippen LogP contribution in [-0.4, -0.2) is 36.6 Å². The molecule has 146 valence electrons. The molecule has 1 N–H and O–H groups in total. The third kappa shape index (κ3) is 6.16. The lowest BCUT2D eigenvalue weighted by Crippen LogP contribution is -2.41. The van der Waals surface area contributed by atoms with Crippen LogP contribution in [0.1, 0.15) is 48.7 Å². The number of carbonyl (C=O) groups excluding carboxylic acids is 1. The van der Waals surface area contributed by atoms with Gasteiger partial charge in [0.1, 0.15) is 0 Å². The molecule has 5 heteroatoms. The third-order valence-corrected chi connectivity index (χ3v) is 5.94. The molecule has 2 unspecified atom stereocenters. The van der Waals surface area contributed by atoms with Gasteiger partial charge in [-0.1, -0.05) is 37.3 Å². The molecule has 2 heterocycles. The molecule has 0 bridgehead atoms. The summed E-state index contributed by atoms with van der Waals surface area (Å²) < 4.78 is 5.79. The number of aryl methyl sites for hydroxylation is 1. The Labute approximate surface area is 166 Å². The molecule has 1 aromatic carbocycles. The smallest absolute Gasteiger partial charge is 0.234 e. The summed E-state index contributed by atoms with van der Waals surface area (Å²) >= 11 is 1.74. The molecule has 1 aliphatic heterocycles. The fourth-order valence-electron chi connectivity index (χ4n) is 3.50. The van der Waals surface area contributed by atoms with Gasteiger partial charge in [0.25, 0.3) is 0 Å². The summed E-state index contributed by atoms with van der Waals surface area (Å²) in [6.45, 7) is 7.04. The minimum Gasteiger partial charge on any atom is -0.377 e. The van der Waals surface area contributed by atoms with E-state index in [9.17, 15) is 4.79 Å². The number of benzene rings is 1. The summed E-state index contributed by atoms with van der Waals surface area (Å²) in [6.07, 6.45) is 3.48. The van der Waals surface area contributed by atoms with Gasteiger partial charge < -0.3 is 10.1 Å². The number of nitrogens with one attached hydrogen (secondary N) is 1. The van der Waals surface area contributed by atoms with E-state index in [-0.39, 0.29) is 18.1 Å². The van der Waals surface area contributed by atoms with Gasteiger partial charge in [0, 0.05) is 24.6 Å². The van der Waals surface area contributed by atoms with Crippen LogP contribution in [0.25, 0.3) is 0 Å². The highest BCUT2D eigenvalue weighted by Gasteiger charge is 2.22. The van der Waals surface area contributed by atoms with Crippen molar-refractivity contribution in [2.45, 2.75) is 51.8 Å². The van der Waals surface area contributed by atoms with Crippen LogP contribution < -0.4 is 5.32 Å². The highest BCUT2D eigenvalue weighted by molar-refractivity contribution is 7.09. The number of rotatable bonds is 9. The van der Waals surface area contributed by atoms with E-state index in [2.05, 4.69) is 58.9 Å². The first-order valence-corrected chi connectivity index (χ1v) is 10.8. The van der Waals surface area contributed by atoms with Crippen molar-refractivity contribution >= 4 is 17.2 Å². The molecule has 1 saturated heterocycles. The van der Waals surface area contributed by atoms with Gasteiger partial charge in [-0.3, -0.25) is 9.69 Å². The molecule has 0 radical (unpaired) electrons. The molecular weight excluding hydrogens is 356 g/mol. The lowest BCUT2D eigenvalue weighted by Gasteiger charge is -2.25. The molecule has 0 saturated carbocycles. The van der Waals surface area contributed by atoms with E-state index in [0.29, 0.717) is 6.54 Å². The van der Waals surface area contributed by atoms with E-state index in [1.165, 1.54) is 10.4 Å². The van der Waals surface area contributed by atoms with Gasteiger partial charge in [0.2, 0.25) is 5.91 Å². The Balaban J connectivity index is 1.56. The highest BCUT2D eigenvalue weighted by atomic mass is 32.1. The molecule has 1 fully saturated rings. The zero-order chi connectivity index (χ0) is 19.1. The van der Waals surface area contributed by atoms with Gasteiger partial charge in [-0.05, 0) is 48.8 Å². The first kappa shape index (κ1) is 20.1. The van der Waals surface area contributed by atoms with Gasteiger partial charge >= 0.3 is 0 Å². The average molecular weight is 387 g/mol. The van der Waals surface area contributed by atoms with Gasteiger partial charge in [0.05, 0.1) is 18.7 Å². The Kier molecular flexibility index (Phi) is 7.44. The van der Waals surface area contributed by atoms with Crippen molar-refractivity contribution in [3.63, 3.8) is 0 Å². The van der Waals surface area contributed by atoms with E-state index < -0.39 is 0 Å². The number of thiophene rings is 1. The van der Waals surface area contributed by atoms with Crippen molar-refractivity contribution in [1.29, 1.82) is 0 Å². The van der Waals surface area contributed by atoms with Crippen molar-refractivity contribution < 1.29 is 9.53 Å². The second-order valence-electron chi connectivity index (χ2n) is 7.27. The molecule has 1 amide bonds. The molecule has 1 aromatic heterocycles. The van der Waals surface area contributed by atoms with Crippen molar-refractivity contribution in [3.05, 3.63) is 57.8 Å². The standard InChI is InChI=1S/C22H30N2O2S/c1-3-18-8-10-19(11-9-18)17(2)23-22(25)16-24(14-20-6-4-12-26-20)15-21-7-5-13-27-21/h5,7-11,13,17,20H,3-4,6,12,14-16H2,1-2H3,(H,23,25). The van der Waals surface area contributed by atoms with Gasteiger partial charge in [0.15, 0.2) is 0 Å². The Morgan fingerprint density at radius 3 is 2.78 bits per heavy atom. The van der Waals surface area contributed by atoms with Crippen LogP contribution in [0.15, 0.2) is 41.8 Å². The maximum Gasteiger partial charge on any atom is 0.234 e. The van der Waals surface area contributed by atoms with E-state index in [0.717, 1.165) is 44.5 Å². The van der Waals surface area contributed by atoms with Crippen LogP contribution in [0, 0.1) is 0 Å². The molecule has 2 atom stereocenters. The first-order valence-electron chi connectivity index (χ1n) is 9.88. The molecule has 0 spiro atoms.